The van der Waals surface area contributed by atoms with Crippen LogP contribution >= 0.6 is 0 Å². The van der Waals surface area contributed by atoms with Gasteiger partial charge in [-0.1, -0.05) is 12.1 Å². The molecule has 2 saturated carbocycles. The average Bonchev–Trinajstić information content (AvgIpc) is 3.21. The zero-order chi connectivity index (χ0) is 10.8. The first-order valence-electron chi connectivity index (χ1n) is 6.04. The van der Waals surface area contributed by atoms with Gasteiger partial charge in [-0.15, -0.1) is 0 Å². The van der Waals surface area contributed by atoms with Crippen LogP contribution in [0, 0.1) is 0 Å². The second-order valence-corrected chi connectivity index (χ2v) is 5.30. The summed E-state index contributed by atoms with van der Waals surface area (Å²) >= 11 is 0. The van der Waals surface area contributed by atoms with Crippen LogP contribution in [0.2, 0.25) is 0 Å². The van der Waals surface area contributed by atoms with E-state index >= 15 is 0 Å². The predicted octanol–water partition coefficient (Wildman–Crippen LogP) is 2.39. The highest BCUT2D eigenvalue weighted by Gasteiger charge is 2.40. The maximum atomic E-state index is 6.20. The molecule has 16 heavy (non-hydrogen) atoms. The Morgan fingerprint density at radius 3 is 2.81 bits per heavy atom. The first-order valence-corrected chi connectivity index (χ1v) is 6.04. The Morgan fingerprint density at radius 1 is 1.31 bits per heavy atom. The van der Waals surface area contributed by atoms with Crippen molar-refractivity contribution in [1.82, 2.24) is 10.2 Å². The number of nitrogens with one attached hydrogen (secondary N) is 1. The Hall–Kier alpha value is -1.35. The van der Waals surface area contributed by atoms with E-state index in [4.69, 9.17) is 5.73 Å². The summed E-state index contributed by atoms with van der Waals surface area (Å²) in [5.74, 6) is 0.726. The van der Waals surface area contributed by atoms with E-state index in [1.54, 1.807) is 0 Å². The third kappa shape index (κ3) is 1.15. The normalized spacial score (nSPS) is 22.6. The van der Waals surface area contributed by atoms with Crippen molar-refractivity contribution in [1.29, 1.82) is 0 Å². The molecule has 0 saturated heterocycles. The van der Waals surface area contributed by atoms with E-state index in [0.717, 1.165) is 24.3 Å². The second-order valence-electron chi connectivity index (χ2n) is 5.30. The number of fused-ring (bicyclic) bond motifs is 1. The van der Waals surface area contributed by atoms with Gasteiger partial charge >= 0.3 is 0 Å². The standard InChI is InChI=1S/C13H15N3/c14-13(5-6-13)9-3-4-10-11(7-9)15-16-12(10)8-1-2-8/h3-4,7-8H,1-2,5-6,14H2,(H,15,16). The Kier molecular flexibility index (Phi) is 1.46. The number of hydrogen-bond acceptors (Lipinski definition) is 2. The monoisotopic (exact) mass is 213 g/mol. The van der Waals surface area contributed by atoms with Crippen molar-refractivity contribution in [2.45, 2.75) is 37.1 Å². The van der Waals surface area contributed by atoms with Gasteiger partial charge in [-0.25, -0.2) is 0 Å². The number of aromatic amines is 1. The summed E-state index contributed by atoms with van der Waals surface area (Å²) in [6.07, 6.45) is 4.83. The number of aromatic nitrogens is 2. The highest BCUT2D eigenvalue weighted by molar-refractivity contribution is 5.83. The van der Waals surface area contributed by atoms with Gasteiger partial charge in [-0.2, -0.15) is 5.10 Å². The molecule has 0 spiro atoms. The molecule has 3 nitrogen and oxygen atoms in total. The molecular formula is C13H15N3. The lowest BCUT2D eigenvalue weighted by Gasteiger charge is -2.08. The molecule has 0 amide bonds. The van der Waals surface area contributed by atoms with Crippen LogP contribution in [0.25, 0.3) is 10.9 Å². The number of nitrogens with zero attached hydrogens (tertiary/aromatic N) is 1. The number of hydrogen-bond donors (Lipinski definition) is 2. The number of H-pyrrole nitrogens is 1. The van der Waals surface area contributed by atoms with Crippen LogP contribution in [0.3, 0.4) is 0 Å². The molecule has 3 heteroatoms. The summed E-state index contributed by atoms with van der Waals surface area (Å²) in [6.45, 7) is 0. The Bertz CT molecular complexity index is 562. The van der Waals surface area contributed by atoms with Crippen molar-refractivity contribution in [3.8, 4) is 0 Å². The zero-order valence-corrected chi connectivity index (χ0v) is 9.16. The van der Waals surface area contributed by atoms with Crippen molar-refractivity contribution in [3.63, 3.8) is 0 Å². The van der Waals surface area contributed by atoms with Gasteiger partial charge < -0.3 is 5.73 Å². The lowest BCUT2D eigenvalue weighted by molar-refractivity contribution is 0.741. The van der Waals surface area contributed by atoms with Crippen LogP contribution < -0.4 is 5.73 Å². The van der Waals surface area contributed by atoms with Crippen LogP contribution in [-0.4, -0.2) is 10.2 Å². The van der Waals surface area contributed by atoms with Crippen LogP contribution in [0.4, 0.5) is 0 Å². The van der Waals surface area contributed by atoms with Crippen molar-refractivity contribution < 1.29 is 0 Å². The maximum absolute atomic E-state index is 6.20. The molecule has 2 aliphatic rings. The molecule has 82 valence electrons. The molecule has 0 unspecified atom stereocenters. The van der Waals surface area contributed by atoms with Gasteiger partial charge in [0.2, 0.25) is 0 Å². The third-order valence-electron chi connectivity index (χ3n) is 3.93. The topological polar surface area (TPSA) is 54.7 Å². The summed E-state index contributed by atoms with van der Waals surface area (Å²) in [6, 6.07) is 6.52. The number of benzene rings is 1. The highest BCUT2D eigenvalue weighted by atomic mass is 15.1. The Balaban J connectivity index is 1.87. The van der Waals surface area contributed by atoms with E-state index in [0.29, 0.717) is 0 Å². The summed E-state index contributed by atoms with van der Waals surface area (Å²) < 4.78 is 0. The largest absolute Gasteiger partial charge is 0.321 e. The molecule has 3 N–H and O–H groups in total. The molecule has 0 atom stereocenters. The van der Waals surface area contributed by atoms with Crippen LogP contribution in [0.15, 0.2) is 18.2 Å². The summed E-state index contributed by atoms with van der Waals surface area (Å²) in [5, 5.41) is 8.87. The predicted molar refractivity (Wildman–Crippen MR) is 63.2 cm³/mol. The van der Waals surface area contributed by atoms with Crippen LogP contribution in [0.5, 0.6) is 0 Å². The second kappa shape index (κ2) is 2.66. The fourth-order valence-electron chi connectivity index (χ4n) is 2.45. The average molecular weight is 213 g/mol. The van der Waals surface area contributed by atoms with Crippen molar-refractivity contribution >= 4 is 10.9 Å². The van der Waals surface area contributed by atoms with Gasteiger partial charge in [0, 0.05) is 22.5 Å². The molecule has 0 bridgehead atoms. The third-order valence-corrected chi connectivity index (χ3v) is 3.93. The smallest absolute Gasteiger partial charge is 0.0927 e. The van der Waals surface area contributed by atoms with E-state index in [1.807, 2.05) is 0 Å². The molecule has 0 aliphatic heterocycles. The molecular weight excluding hydrogens is 198 g/mol. The van der Waals surface area contributed by atoms with Crippen LogP contribution in [-0.2, 0) is 5.54 Å². The van der Waals surface area contributed by atoms with E-state index in [1.165, 1.54) is 29.5 Å². The lowest BCUT2D eigenvalue weighted by atomic mass is 10.0. The molecule has 2 fully saturated rings. The van der Waals surface area contributed by atoms with Gasteiger partial charge in [0.1, 0.15) is 0 Å². The number of rotatable bonds is 2. The summed E-state index contributed by atoms with van der Waals surface area (Å²) in [5.41, 5.74) is 9.80. The van der Waals surface area contributed by atoms with Gasteiger partial charge in [0.15, 0.2) is 0 Å². The molecule has 1 heterocycles. The van der Waals surface area contributed by atoms with Crippen molar-refractivity contribution in [2.75, 3.05) is 0 Å². The minimum absolute atomic E-state index is 0.0487. The fourth-order valence-corrected chi connectivity index (χ4v) is 2.45. The van der Waals surface area contributed by atoms with Crippen molar-refractivity contribution in [2.24, 2.45) is 5.73 Å². The molecule has 1 aromatic carbocycles. The molecule has 1 aromatic heterocycles. The SMILES string of the molecule is NC1(c2ccc3c(C4CC4)[nH]nc3c2)CC1. The van der Waals surface area contributed by atoms with Gasteiger partial charge in [0.25, 0.3) is 0 Å². The Labute approximate surface area is 94.0 Å². The summed E-state index contributed by atoms with van der Waals surface area (Å²) in [7, 11) is 0. The van der Waals surface area contributed by atoms with E-state index in [-0.39, 0.29) is 5.54 Å². The lowest BCUT2D eigenvalue weighted by Crippen LogP contribution is -2.18. The van der Waals surface area contributed by atoms with E-state index < -0.39 is 0 Å². The molecule has 2 aliphatic carbocycles. The minimum Gasteiger partial charge on any atom is -0.321 e. The first kappa shape index (κ1) is 8.76. The summed E-state index contributed by atoms with van der Waals surface area (Å²) in [4.78, 5) is 0. The quantitative estimate of drug-likeness (QED) is 0.804. The number of nitrogens with two attached hydrogens (primary N) is 1. The van der Waals surface area contributed by atoms with Crippen molar-refractivity contribution in [3.05, 3.63) is 29.5 Å². The highest BCUT2D eigenvalue weighted by Crippen LogP contribution is 2.45. The Morgan fingerprint density at radius 2 is 2.12 bits per heavy atom. The minimum atomic E-state index is -0.0487. The van der Waals surface area contributed by atoms with Gasteiger partial charge in [0.05, 0.1) is 5.52 Å². The zero-order valence-electron chi connectivity index (χ0n) is 9.16. The van der Waals surface area contributed by atoms with E-state index in [9.17, 15) is 0 Å². The van der Waals surface area contributed by atoms with E-state index in [2.05, 4.69) is 28.4 Å². The van der Waals surface area contributed by atoms with Crippen LogP contribution in [0.1, 0.15) is 42.9 Å². The molecule has 4 rings (SSSR count). The fraction of sp³-hybridized carbons (Fsp3) is 0.462. The molecule has 0 radical (unpaired) electrons. The maximum Gasteiger partial charge on any atom is 0.0927 e. The van der Waals surface area contributed by atoms with Gasteiger partial charge in [-0.05, 0) is 37.3 Å². The molecule has 2 aromatic rings. The van der Waals surface area contributed by atoms with Gasteiger partial charge in [-0.3, -0.25) is 5.10 Å². The first-order chi connectivity index (χ1) is 7.76.